The van der Waals surface area contributed by atoms with Crippen LogP contribution in [0.1, 0.15) is 33.6 Å². The number of rotatable bonds is 7. The van der Waals surface area contributed by atoms with E-state index in [0.29, 0.717) is 13.0 Å². The van der Waals surface area contributed by atoms with E-state index in [1.807, 2.05) is 0 Å². The van der Waals surface area contributed by atoms with E-state index in [1.54, 1.807) is 20.8 Å². The predicted molar refractivity (Wildman–Crippen MR) is 104 cm³/mol. The van der Waals surface area contributed by atoms with Gasteiger partial charge >= 0.3 is 6.09 Å². The van der Waals surface area contributed by atoms with Crippen LogP contribution in [-0.4, -0.2) is 41.1 Å². The van der Waals surface area contributed by atoms with Gasteiger partial charge in [0.25, 0.3) is 11.6 Å². The van der Waals surface area contributed by atoms with Crippen molar-refractivity contribution in [3.05, 3.63) is 34.4 Å². The first-order valence-electron chi connectivity index (χ1n) is 8.57. The van der Waals surface area contributed by atoms with Gasteiger partial charge < -0.3 is 21.5 Å². The standard InChI is InChI=1S/C17H26N6O5/c1-17(2,3)28-16(25)22(11-6-8-12(9-7-11)23(26)27)14(24)13(18)5-4-10-21-15(19)20/h6-9,13H,4-5,10,18H2,1-3H3,(H4,19,20,21)/t13-/m0/s1. The molecule has 0 saturated carbocycles. The number of hydrogen-bond acceptors (Lipinski definition) is 7. The molecule has 0 saturated heterocycles. The highest BCUT2D eigenvalue weighted by molar-refractivity contribution is 6.14. The highest BCUT2D eigenvalue weighted by Gasteiger charge is 2.32. The second-order valence-electron chi connectivity index (χ2n) is 7.02. The zero-order valence-electron chi connectivity index (χ0n) is 16.1. The summed E-state index contributed by atoms with van der Waals surface area (Å²) in [5, 5.41) is 20.5. The number of anilines is 1. The van der Waals surface area contributed by atoms with Crippen molar-refractivity contribution in [2.75, 3.05) is 11.4 Å². The summed E-state index contributed by atoms with van der Waals surface area (Å²) < 4.78 is 5.28. The van der Waals surface area contributed by atoms with Gasteiger partial charge in [0.15, 0.2) is 5.96 Å². The summed E-state index contributed by atoms with van der Waals surface area (Å²) >= 11 is 0. The number of benzene rings is 1. The number of hydrogen-bond donors (Lipinski definition) is 4. The van der Waals surface area contributed by atoms with Gasteiger partial charge in [0, 0.05) is 18.7 Å². The Balaban J connectivity index is 3.02. The monoisotopic (exact) mass is 394 g/mol. The lowest BCUT2D eigenvalue weighted by Gasteiger charge is -2.27. The highest BCUT2D eigenvalue weighted by Crippen LogP contribution is 2.23. The third-order valence-electron chi connectivity index (χ3n) is 3.44. The van der Waals surface area contributed by atoms with E-state index in [2.05, 4.69) is 5.32 Å². The molecule has 2 amide bonds. The SMILES string of the molecule is CC(C)(C)OC(=O)N(C(=O)[C@@H](N)CCCNC(=N)N)c1ccc([N+](=O)[O-])cc1. The summed E-state index contributed by atoms with van der Waals surface area (Å²) in [4.78, 5) is 36.4. The number of non-ortho nitro benzene ring substituents is 1. The number of imide groups is 1. The topological polar surface area (TPSA) is 178 Å². The Kier molecular flexibility index (Phi) is 7.87. The van der Waals surface area contributed by atoms with Crippen molar-refractivity contribution >= 4 is 29.3 Å². The fraction of sp³-hybridized carbons (Fsp3) is 0.471. The molecule has 0 bridgehead atoms. The van der Waals surface area contributed by atoms with E-state index >= 15 is 0 Å². The first-order valence-corrected chi connectivity index (χ1v) is 8.57. The van der Waals surface area contributed by atoms with Crippen molar-refractivity contribution < 1.29 is 19.2 Å². The number of carbonyl (C=O) groups excluding carboxylic acids is 2. The van der Waals surface area contributed by atoms with Gasteiger partial charge in [-0.05, 0) is 45.7 Å². The fourth-order valence-electron chi connectivity index (χ4n) is 2.19. The maximum Gasteiger partial charge on any atom is 0.421 e. The Bertz CT molecular complexity index is 729. The Labute approximate surface area is 162 Å². The number of nitro groups is 1. The largest absolute Gasteiger partial charge is 0.443 e. The summed E-state index contributed by atoms with van der Waals surface area (Å²) in [5.41, 5.74) is 10.2. The first kappa shape index (κ1) is 22.8. The summed E-state index contributed by atoms with van der Waals surface area (Å²) in [6.07, 6.45) is -0.260. The molecule has 11 nitrogen and oxygen atoms in total. The molecular weight excluding hydrogens is 368 g/mol. The molecule has 0 fully saturated rings. The van der Waals surface area contributed by atoms with Crippen LogP contribution in [0.5, 0.6) is 0 Å². The molecule has 1 aromatic carbocycles. The summed E-state index contributed by atoms with van der Waals surface area (Å²) in [6, 6.07) is 3.91. The molecule has 0 spiro atoms. The van der Waals surface area contributed by atoms with E-state index in [0.717, 1.165) is 4.90 Å². The van der Waals surface area contributed by atoms with Gasteiger partial charge in [-0.25, -0.2) is 9.69 Å². The van der Waals surface area contributed by atoms with Crippen molar-refractivity contribution in [1.82, 2.24) is 5.32 Å². The number of guanidine groups is 1. The predicted octanol–water partition coefficient (Wildman–Crippen LogP) is 1.45. The normalized spacial score (nSPS) is 12.0. The number of nitrogens with one attached hydrogen (secondary N) is 2. The average Bonchev–Trinajstić information content (AvgIpc) is 2.57. The smallest absolute Gasteiger partial charge is 0.421 e. The van der Waals surface area contributed by atoms with Gasteiger partial charge in [-0.15, -0.1) is 0 Å². The lowest BCUT2D eigenvalue weighted by Crippen LogP contribution is -2.49. The van der Waals surface area contributed by atoms with Gasteiger partial charge in [-0.2, -0.15) is 0 Å². The lowest BCUT2D eigenvalue weighted by atomic mass is 10.1. The Morgan fingerprint density at radius 2 is 1.89 bits per heavy atom. The molecule has 1 rings (SSSR count). The van der Waals surface area contributed by atoms with Crippen LogP contribution in [0.25, 0.3) is 0 Å². The zero-order valence-corrected chi connectivity index (χ0v) is 16.1. The minimum Gasteiger partial charge on any atom is -0.443 e. The average molecular weight is 394 g/mol. The number of carbonyl (C=O) groups is 2. The summed E-state index contributed by atoms with van der Waals surface area (Å²) in [7, 11) is 0. The molecule has 1 atom stereocenters. The van der Waals surface area contributed by atoms with Crippen molar-refractivity contribution in [3.63, 3.8) is 0 Å². The third-order valence-corrected chi connectivity index (χ3v) is 3.44. The van der Waals surface area contributed by atoms with Gasteiger partial charge in [0.1, 0.15) is 5.60 Å². The van der Waals surface area contributed by atoms with E-state index in [4.69, 9.17) is 21.6 Å². The van der Waals surface area contributed by atoms with Gasteiger partial charge in [-0.3, -0.25) is 20.3 Å². The van der Waals surface area contributed by atoms with Crippen molar-refractivity contribution in [2.45, 2.75) is 45.3 Å². The molecule has 0 aliphatic rings. The van der Waals surface area contributed by atoms with Gasteiger partial charge in [-0.1, -0.05) is 0 Å². The van der Waals surface area contributed by atoms with E-state index < -0.39 is 28.6 Å². The Hall–Kier alpha value is -3.21. The number of nitrogens with zero attached hydrogens (tertiary/aromatic N) is 2. The molecule has 6 N–H and O–H groups in total. The van der Waals surface area contributed by atoms with Crippen molar-refractivity contribution in [2.24, 2.45) is 11.5 Å². The zero-order chi connectivity index (χ0) is 21.5. The number of amides is 2. The minimum absolute atomic E-state index is 0.113. The molecule has 0 aliphatic carbocycles. The van der Waals surface area contributed by atoms with E-state index in [1.165, 1.54) is 24.3 Å². The van der Waals surface area contributed by atoms with Crippen LogP contribution in [-0.2, 0) is 9.53 Å². The molecule has 0 unspecified atom stereocenters. The van der Waals surface area contributed by atoms with Crippen LogP contribution in [0, 0.1) is 15.5 Å². The quantitative estimate of drug-likeness (QED) is 0.176. The van der Waals surface area contributed by atoms with Crippen LogP contribution in [0.4, 0.5) is 16.2 Å². The summed E-state index contributed by atoms with van der Waals surface area (Å²) in [5.74, 6) is -0.896. The maximum atomic E-state index is 12.8. The van der Waals surface area contributed by atoms with E-state index in [9.17, 15) is 19.7 Å². The first-order chi connectivity index (χ1) is 12.9. The number of ether oxygens (including phenoxy) is 1. The molecular formula is C17H26N6O5. The lowest BCUT2D eigenvalue weighted by molar-refractivity contribution is -0.384. The fourth-order valence-corrected chi connectivity index (χ4v) is 2.19. The number of nitro benzene ring substituents is 1. The molecule has 0 heterocycles. The Morgan fingerprint density at radius 3 is 2.36 bits per heavy atom. The molecule has 0 aromatic heterocycles. The van der Waals surface area contributed by atoms with Crippen LogP contribution >= 0.6 is 0 Å². The molecule has 28 heavy (non-hydrogen) atoms. The second kappa shape index (κ2) is 9.65. The molecule has 0 radical (unpaired) electrons. The van der Waals surface area contributed by atoms with Crippen LogP contribution < -0.4 is 21.7 Å². The second-order valence-corrected chi connectivity index (χ2v) is 7.02. The van der Waals surface area contributed by atoms with E-state index in [-0.39, 0.29) is 23.8 Å². The third kappa shape index (κ3) is 7.19. The number of nitrogens with two attached hydrogens (primary N) is 2. The summed E-state index contributed by atoms with van der Waals surface area (Å²) in [6.45, 7) is 5.30. The minimum atomic E-state index is -1.02. The Morgan fingerprint density at radius 1 is 1.32 bits per heavy atom. The molecule has 0 aliphatic heterocycles. The van der Waals surface area contributed by atoms with Crippen LogP contribution in [0.15, 0.2) is 24.3 Å². The van der Waals surface area contributed by atoms with Crippen LogP contribution in [0.3, 0.4) is 0 Å². The van der Waals surface area contributed by atoms with Crippen molar-refractivity contribution in [3.8, 4) is 0 Å². The maximum absolute atomic E-state index is 12.8. The van der Waals surface area contributed by atoms with Gasteiger partial charge in [0.05, 0.1) is 16.7 Å². The van der Waals surface area contributed by atoms with Crippen molar-refractivity contribution in [1.29, 1.82) is 5.41 Å². The molecule has 1 aromatic rings. The molecule has 11 heteroatoms. The van der Waals surface area contributed by atoms with Crippen LogP contribution in [0.2, 0.25) is 0 Å². The van der Waals surface area contributed by atoms with Gasteiger partial charge in [0.2, 0.25) is 0 Å². The highest BCUT2D eigenvalue weighted by atomic mass is 16.6. The molecule has 154 valence electrons.